The van der Waals surface area contributed by atoms with Crippen molar-refractivity contribution in [2.45, 2.75) is 31.2 Å². The smallest absolute Gasteiger partial charge is 0.0248 e. The van der Waals surface area contributed by atoms with Gasteiger partial charge in [-0.05, 0) is 32.9 Å². The molecule has 0 bridgehead atoms. The van der Waals surface area contributed by atoms with Gasteiger partial charge in [-0.25, -0.2) is 0 Å². The summed E-state index contributed by atoms with van der Waals surface area (Å²) in [6.07, 6.45) is 0. The van der Waals surface area contributed by atoms with Crippen molar-refractivity contribution in [3.8, 4) is 0 Å². The molecule has 3 heteroatoms. The highest BCUT2D eigenvalue weighted by Gasteiger charge is 2.27. The van der Waals surface area contributed by atoms with Crippen LogP contribution in [0.3, 0.4) is 0 Å². The maximum Gasteiger partial charge on any atom is 0.0248 e. The Morgan fingerprint density at radius 3 is 2.39 bits per heavy atom. The molecule has 1 saturated heterocycles. The number of thioether (sulfide) groups is 1. The molecule has 1 aromatic rings. The van der Waals surface area contributed by atoms with E-state index in [1.807, 2.05) is 11.8 Å². The minimum atomic E-state index is 0.275. The molecule has 1 aliphatic heterocycles. The Labute approximate surface area is 115 Å². The average molecular weight is 264 g/mol. The largest absolute Gasteiger partial charge is 0.314 e. The van der Waals surface area contributed by atoms with Crippen molar-refractivity contribution in [3.05, 3.63) is 29.8 Å². The lowest BCUT2D eigenvalue weighted by atomic mass is 10.1. The number of rotatable bonds is 4. The van der Waals surface area contributed by atoms with Gasteiger partial charge in [0.15, 0.2) is 0 Å². The second kappa shape index (κ2) is 6.09. The second-order valence-electron chi connectivity index (χ2n) is 5.65. The molecule has 0 aliphatic carbocycles. The summed E-state index contributed by atoms with van der Waals surface area (Å²) in [5.74, 6) is 1.15. The number of piperazine rings is 1. The predicted molar refractivity (Wildman–Crippen MR) is 80.4 cm³/mol. The van der Waals surface area contributed by atoms with Gasteiger partial charge < -0.3 is 5.32 Å². The quantitative estimate of drug-likeness (QED) is 0.842. The lowest BCUT2D eigenvalue weighted by molar-refractivity contribution is 0.123. The summed E-state index contributed by atoms with van der Waals surface area (Å²) < 4.78 is 0. The monoisotopic (exact) mass is 264 g/mol. The van der Waals surface area contributed by atoms with Crippen molar-refractivity contribution in [1.82, 2.24) is 10.2 Å². The zero-order valence-corrected chi connectivity index (χ0v) is 12.5. The van der Waals surface area contributed by atoms with Gasteiger partial charge in [0.1, 0.15) is 0 Å². The standard InChI is InChI=1S/C15H24N2S/c1-13-4-6-14(7-5-13)18-12-15(2,3)17-10-8-16-9-11-17/h4-7,16H,8-12H2,1-3H3. The molecule has 1 N–H and O–H groups in total. The molecule has 0 aromatic heterocycles. The van der Waals surface area contributed by atoms with Crippen LogP contribution in [0.25, 0.3) is 0 Å². The van der Waals surface area contributed by atoms with E-state index in [2.05, 4.69) is 55.3 Å². The number of hydrogen-bond donors (Lipinski definition) is 1. The molecule has 0 unspecified atom stereocenters. The van der Waals surface area contributed by atoms with Crippen molar-refractivity contribution in [3.63, 3.8) is 0 Å². The third kappa shape index (κ3) is 3.74. The maximum absolute atomic E-state index is 3.42. The minimum absolute atomic E-state index is 0.275. The van der Waals surface area contributed by atoms with E-state index in [0.29, 0.717) is 0 Å². The third-order valence-corrected chi connectivity index (χ3v) is 5.04. The van der Waals surface area contributed by atoms with Crippen molar-refractivity contribution >= 4 is 11.8 Å². The van der Waals surface area contributed by atoms with Crippen LogP contribution in [0, 0.1) is 6.92 Å². The fourth-order valence-electron chi connectivity index (χ4n) is 2.26. The van der Waals surface area contributed by atoms with Gasteiger partial charge in [0.25, 0.3) is 0 Å². The van der Waals surface area contributed by atoms with Gasteiger partial charge in [0, 0.05) is 42.4 Å². The van der Waals surface area contributed by atoms with E-state index in [4.69, 9.17) is 0 Å². The topological polar surface area (TPSA) is 15.3 Å². The number of nitrogens with zero attached hydrogens (tertiary/aromatic N) is 1. The molecule has 1 aromatic carbocycles. The maximum atomic E-state index is 3.42. The molecule has 0 atom stereocenters. The molecule has 2 rings (SSSR count). The Morgan fingerprint density at radius 2 is 1.78 bits per heavy atom. The Morgan fingerprint density at radius 1 is 1.17 bits per heavy atom. The molecule has 0 radical (unpaired) electrons. The van der Waals surface area contributed by atoms with Crippen molar-refractivity contribution in [2.75, 3.05) is 31.9 Å². The highest BCUT2D eigenvalue weighted by atomic mass is 32.2. The lowest BCUT2D eigenvalue weighted by Crippen LogP contribution is -2.54. The molecular formula is C15H24N2S. The third-order valence-electron chi connectivity index (χ3n) is 3.59. The molecule has 1 heterocycles. The van der Waals surface area contributed by atoms with Crippen LogP contribution in [0.15, 0.2) is 29.2 Å². The highest BCUT2D eigenvalue weighted by molar-refractivity contribution is 7.99. The van der Waals surface area contributed by atoms with Crippen molar-refractivity contribution < 1.29 is 0 Å². The van der Waals surface area contributed by atoms with Gasteiger partial charge in [0.05, 0.1) is 0 Å². The average Bonchev–Trinajstić information content (AvgIpc) is 2.39. The summed E-state index contributed by atoms with van der Waals surface area (Å²) in [6, 6.07) is 8.85. The van der Waals surface area contributed by atoms with Crippen molar-refractivity contribution in [1.29, 1.82) is 0 Å². The van der Waals surface area contributed by atoms with E-state index in [-0.39, 0.29) is 5.54 Å². The molecule has 100 valence electrons. The summed E-state index contributed by atoms with van der Waals surface area (Å²) in [4.78, 5) is 3.98. The molecule has 0 spiro atoms. The van der Waals surface area contributed by atoms with Crippen LogP contribution in [-0.2, 0) is 0 Å². The van der Waals surface area contributed by atoms with Gasteiger partial charge in [0.2, 0.25) is 0 Å². The van der Waals surface area contributed by atoms with E-state index in [1.54, 1.807) is 0 Å². The second-order valence-corrected chi connectivity index (χ2v) is 6.70. The van der Waals surface area contributed by atoms with Gasteiger partial charge >= 0.3 is 0 Å². The first-order valence-corrected chi connectivity index (χ1v) is 7.72. The van der Waals surface area contributed by atoms with Crippen molar-refractivity contribution in [2.24, 2.45) is 0 Å². The number of aryl methyl sites for hydroxylation is 1. The number of nitrogens with one attached hydrogen (secondary N) is 1. The predicted octanol–water partition coefficient (Wildman–Crippen LogP) is 2.77. The fourth-order valence-corrected chi connectivity index (χ4v) is 3.29. The lowest BCUT2D eigenvalue weighted by Gasteiger charge is -2.41. The zero-order chi connectivity index (χ0) is 13.0. The van der Waals surface area contributed by atoms with E-state index >= 15 is 0 Å². The van der Waals surface area contributed by atoms with E-state index in [9.17, 15) is 0 Å². The Hall–Kier alpha value is -0.510. The Kier molecular flexibility index (Phi) is 4.71. The molecule has 18 heavy (non-hydrogen) atoms. The number of hydrogen-bond acceptors (Lipinski definition) is 3. The Balaban J connectivity index is 1.89. The summed E-state index contributed by atoms with van der Waals surface area (Å²) in [5.41, 5.74) is 1.61. The summed E-state index contributed by atoms with van der Waals surface area (Å²) in [7, 11) is 0. The molecule has 1 aliphatic rings. The summed E-state index contributed by atoms with van der Waals surface area (Å²) in [5, 5.41) is 3.42. The van der Waals surface area contributed by atoms with E-state index < -0.39 is 0 Å². The Bertz CT molecular complexity index is 367. The van der Waals surface area contributed by atoms with Crippen LogP contribution in [0.2, 0.25) is 0 Å². The SMILES string of the molecule is Cc1ccc(SCC(C)(C)N2CCNCC2)cc1. The first-order valence-electron chi connectivity index (χ1n) is 6.73. The fraction of sp³-hybridized carbons (Fsp3) is 0.600. The normalized spacial score (nSPS) is 17.9. The zero-order valence-electron chi connectivity index (χ0n) is 11.7. The summed E-state index contributed by atoms with van der Waals surface area (Å²) >= 11 is 1.97. The molecule has 0 amide bonds. The minimum Gasteiger partial charge on any atom is -0.314 e. The highest BCUT2D eigenvalue weighted by Crippen LogP contribution is 2.26. The molecule has 2 nitrogen and oxygen atoms in total. The van der Waals surface area contributed by atoms with Crippen LogP contribution in [0.1, 0.15) is 19.4 Å². The van der Waals surface area contributed by atoms with Crippen LogP contribution >= 0.6 is 11.8 Å². The molecular weight excluding hydrogens is 240 g/mol. The van der Waals surface area contributed by atoms with Crippen LogP contribution in [-0.4, -0.2) is 42.4 Å². The van der Waals surface area contributed by atoms with Crippen LogP contribution in [0.4, 0.5) is 0 Å². The van der Waals surface area contributed by atoms with E-state index in [1.165, 1.54) is 23.5 Å². The first-order chi connectivity index (χ1) is 8.58. The molecule has 1 fully saturated rings. The van der Waals surface area contributed by atoms with Gasteiger partial charge in [-0.3, -0.25) is 4.90 Å². The van der Waals surface area contributed by atoms with Crippen LogP contribution in [0.5, 0.6) is 0 Å². The van der Waals surface area contributed by atoms with Gasteiger partial charge in [-0.15, -0.1) is 11.8 Å². The van der Waals surface area contributed by atoms with Gasteiger partial charge in [-0.2, -0.15) is 0 Å². The van der Waals surface area contributed by atoms with Gasteiger partial charge in [-0.1, -0.05) is 17.7 Å². The summed E-state index contributed by atoms with van der Waals surface area (Å²) in [6.45, 7) is 11.4. The van der Waals surface area contributed by atoms with E-state index in [0.717, 1.165) is 18.8 Å². The first kappa shape index (κ1) is 13.9. The molecule has 0 saturated carbocycles. The van der Waals surface area contributed by atoms with Crippen LogP contribution < -0.4 is 5.32 Å². The number of benzene rings is 1.